The number of carbonyl (C=O) groups excluding carboxylic acids is 1. The molecule has 3 aromatic rings. The second-order valence-corrected chi connectivity index (χ2v) is 11.3. The number of nitrogen functional groups attached to an aromatic ring is 1. The molecule has 2 aromatic carbocycles. The molecule has 41 heavy (non-hydrogen) atoms. The number of hydrogen-bond donors (Lipinski definition) is 3. The lowest BCUT2D eigenvalue weighted by Crippen LogP contribution is -2.43. The van der Waals surface area contributed by atoms with Crippen molar-refractivity contribution in [2.45, 2.75) is 57.1 Å². The Kier molecular flexibility index (Phi) is 8.90. The molecule has 0 radical (unpaired) electrons. The van der Waals surface area contributed by atoms with Gasteiger partial charge in [-0.25, -0.2) is 13.8 Å². The fourth-order valence-corrected chi connectivity index (χ4v) is 5.71. The lowest BCUT2D eigenvalue weighted by Gasteiger charge is -2.29. The molecule has 4 N–H and O–H groups in total. The third-order valence-corrected chi connectivity index (χ3v) is 7.82. The number of ether oxygens (including phenoxy) is 2. The number of aliphatic hydroxyl groups excluding tert-OH is 1. The zero-order valence-electron chi connectivity index (χ0n) is 22.5. The Morgan fingerprint density at radius 3 is 2.68 bits per heavy atom. The van der Waals surface area contributed by atoms with Crippen LogP contribution in [0, 0.1) is 0 Å². The summed E-state index contributed by atoms with van der Waals surface area (Å²) in [6.45, 7) is 7.14. The minimum atomic E-state index is -4.53. The molecule has 0 bridgehead atoms. The van der Waals surface area contributed by atoms with Crippen molar-refractivity contribution in [1.29, 1.82) is 0 Å². The molecule has 1 saturated heterocycles. The second kappa shape index (κ2) is 12.0. The summed E-state index contributed by atoms with van der Waals surface area (Å²) in [5, 5.41) is 14.5. The summed E-state index contributed by atoms with van der Waals surface area (Å²) in [6.07, 6.45) is -5.08. The number of nitrogens with one attached hydrogen (secondary N) is 1. The fraction of sp³-hybridized carbons (Fsp3) is 0.385. The van der Waals surface area contributed by atoms with E-state index >= 15 is 4.39 Å². The number of halogens is 1. The molecule has 1 aromatic heterocycles. The van der Waals surface area contributed by atoms with Crippen LogP contribution in [0.25, 0.3) is 10.8 Å². The molecule has 220 valence electrons. The Balaban J connectivity index is 1.64. The molecule has 0 amide bonds. The van der Waals surface area contributed by atoms with Gasteiger partial charge in [0.05, 0.1) is 6.10 Å². The van der Waals surface area contributed by atoms with Gasteiger partial charge in [-0.2, -0.15) is 10.1 Å². The maximum atomic E-state index is 15.6. The highest BCUT2D eigenvalue weighted by Crippen LogP contribution is 2.49. The average molecular weight is 592 g/mol. The van der Waals surface area contributed by atoms with E-state index in [1.165, 1.54) is 19.2 Å². The SMILES string of the molecule is C=N[C@]1(COP(=O)(N[C@@H](C)C(=O)OC(C)C)Oc2cccc3ccccc23)O[C@@H](n2ccc(N)nc2=O)[C@H](O)[C@@H]1F. The predicted octanol–water partition coefficient (Wildman–Crippen LogP) is 2.74. The number of carbonyl (C=O) groups is 1. The number of rotatable bonds is 11. The number of anilines is 1. The van der Waals surface area contributed by atoms with Gasteiger partial charge in [0.15, 0.2) is 12.4 Å². The van der Waals surface area contributed by atoms with Crippen molar-refractivity contribution in [3.05, 3.63) is 65.2 Å². The molecule has 1 unspecified atom stereocenters. The van der Waals surface area contributed by atoms with Crippen LogP contribution in [0.5, 0.6) is 5.75 Å². The molecule has 2 heterocycles. The first-order valence-corrected chi connectivity index (χ1v) is 14.1. The molecule has 1 fully saturated rings. The second-order valence-electron chi connectivity index (χ2n) is 9.62. The molecule has 0 aliphatic carbocycles. The summed E-state index contributed by atoms with van der Waals surface area (Å²) < 4.78 is 52.8. The van der Waals surface area contributed by atoms with Gasteiger partial charge in [-0.3, -0.25) is 18.9 Å². The van der Waals surface area contributed by atoms with Crippen molar-refractivity contribution in [2.24, 2.45) is 4.99 Å². The Morgan fingerprint density at radius 2 is 2.00 bits per heavy atom. The maximum absolute atomic E-state index is 15.6. The largest absolute Gasteiger partial charge is 0.462 e. The van der Waals surface area contributed by atoms with Crippen LogP contribution in [0.4, 0.5) is 10.2 Å². The molecule has 4 rings (SSSR count). The van der Waals surface area contributed by atoms with Gasteiger partial charge in [0.2, 0.25) is 5.72 Å². The number of nitrogens with zero attached hydrogens (tertiary/aromatic N) is 3. The first-order valence-electron chi connectivity index (χ1n) is 12.6. The van der Waals surface area contributed by atoms with Crippen LogP contribution in [0.2, 0.25) is 0 Å². The first-order chi connectivity index (χ1) is 19.4. The van der Waals surface area contributed by atoms with Gasteiger partial charge in [0.25, 0.3) is 0 Å². The van der Waals surface area contributed by atoms with E-state index in [1.54, 1.807) is 38.1 Å². The molecule has 1 aliphatic heterocycles. The zero-order valence-corrected chi connectivity index (χ0v) is 23.4. The van der Waals surface area contributed by atoms with Crippen LogP contribution < -0.4 is 21.0 Å². The quantitative estimate of drug-likeness (QED) is 0.170. The third-order valence-electron chi connectivity index (χ3n) is 6.21. The van der Waals surface area contributed by atoms with E-state index in [0.29, 0.717) is 5.39 Å². The van der Waals surface area contributed by atoms with Crippen molar-refractivity contribution in [3.63, 3.8) is 0 Å². The van der Waals surface area contributed by atoms with Gasteiger partial charge >= 0.3 is 19.4 Å². The molecule has 13 nitrogen and oxygen atoms in total. The van der Waals surface area contributed by atoms with Crippen LogP contribution in [0.1, 0.15) is 27.0 Å². The summed E-state index contributed by atoms with van der Waals surface area (Å²) in [5.41, 5.74) is 2.28. The Morgan fingerprint density at radius 1 is 1.29 bits per heavy atom. The Labute approximate surface area is 234 Å². The maximum Gasteiger partial charge on any atom is 0.459 e. The average Bonchev–Trinajstić information content (AvgIpc) is 3.17. The molecule has 0 saturated carbocycles. The van der Waals surface area contributed by atoms with Crippen molar-refractivity contribution >= 4 is 37.0 Å². The van der Waals surface area contributed by atoms with Crippen molar-refractivity contribution in [2.75, 3.05) is 12.3 Å². The molecule has 1 aliphatic rings. The molecule has 0 spiro atoms. The number of hydrogen-bond acceptors (Lipinski definition) is 11. The summed E-state index contributed by atoms with van der Waals surface area (Å²) in [7, 11) is -4.53. The minimum Gasteiger partial charge on any atom is -0.462 e. The number of benzene rings is 2. The number of aromatic nitrogens is 2. The number of fused-ring (bicyclic) bond motifs is 1. The molecule has 15 heteroatoms. The number of alkyl halides is 1. The monoisotopic (exact) mass is 591 g/mol. The van der Waals surface area contributed by atoms with E-state index in [2.05, 4.69) is 21.8 Å². The van der Waals surface area contributed by atoms with Crippen LogP contribution in [0.15, 0.2) is 64.5 Å². The number of nitrogens with two attached hydrogens (primary N) is 1. The first kappa shape index (κ1) is 30.3. The smallest absolute Gasteiger partial charge is 0.459 e. The molecular formula is C26H31FN5O8P. The lowest BCUT2D eigenvalue weighted by molar-refractivity contribution is -0.149. The highest BCUT2D eigenvalue weighted by molar-refractivity contribution is 7.52. The van der Waals surface area contributed by atoms with Crippen LogP contribution in [0.3, 0.4) is 0 Å². The van der Waals surface area contributed by atoms with E-state index in [0.717, 1.165) is 9.95 Å². The zero-order chi connectivity index (χ0) is 29.9. The third kappa shape index (κ3) is 6.47. The highest BCUT2D eigenvalue weighted by Gasteiger charge is 2.57. The van der Waals surface area contributed by atoms with Crippen molar-refractivity contribution in [3.8, 4) is 5.75 Å². The van der Waals surface area contributed by atoms with Gasteiger partial charge in [-0.15, -0.1) is 0 Å². The topological polar surface area (TPSA) is 177 Å². The van der Waals surface area contributed by atoms with E-state index < -0.39 is 62.4 Å². The standard InChI is InChI=1S/C26H31FN5O8P/c1-15(2)38-24(34)16(3)31-41(36,40-19-11-7-9-17-8-5-6-10-18(17)19)37-14-26(29-4)22(27)21(33)23(39-26)32-13-12-20(28)30-25(32)35/h5-13,15-16,21-23,33H,4,14H2,1-3H3,(H,31,36)(H2,28,30,35)/t16-,21+,22-,23+,26+,41?/m0/s1. The van der Waals surface area contributed by atoms with E-state index in [1.807, 2.05) is 18.2 Å². The predicted molar refractivity (Wildman–Crippen MR) is 148 cm³/mol. The van der Waals surface area contributed by atoms with Gasteiger partial charge in [-0.05, 0) is 45.0 Å². The van der Waals surface area contributed by atoms with Crippen LogP contribution >= 0.6 is 7.75 Å². The normalized spacial score (nSPS) is 24.6. The Hall–Kier alpha value is -3.68. The number of aliphatic imine (C=N–C) groups is 1. The van der Waals surface area contributed by atoms with Crippen molar-refractivity contribution < 1.29 is 37.4 Å². The number of aliphatic hydroxyl groups is 1. The summed E-state index contributed by atoms with van der Waals surface area (Å²) in [5.74, 6) is -0.687. The molecule has 6 atom stereocenters. The summed E-state index contributed by atoms with van der Waals surface area (Å²) in [6, 6.07) is 12.2. The highest BCUT2D eigenvalue weighted by atomic mass is 31.2. The summed E-state index contributed by atoms with van der Waals surface area (Å²) >= 11 is 0. The summed E-state index contributed by atoms with van der Waals surface area (Å²) in [4.78, 5) is 32.1. The van der Waals surface area contributed by atoms with Gasteiger partial charge in [-0.1, -0.05) is 36.4 Å². The fourth-order valence-electron chi connectivity index (χ4n) is 4.18. The molecular weight excluding hydrogens is 560 g/mol. The van der Waals surface area contributed by atoms with Crippen LogP contribution in [-0.4, -0.2) is 64.1 Å². The Bertz CT molecular complexity index is 1530. The van der Waals surface area contributed by atoms with Gasteiger partial charge in [0, 0.05) is 11.6 Å². The van der Waals surface area contributed by atoms with E-state index in [9.17, 15) is 19.3 Å². The lowest BCUT2D eigenvalue weighted by atomic mass is 10.1. The van der Waals surface area contributed by atoms with Crippen LogP contribution in [-0.2, 0) is 23.4 Å². The van der Waals surface area contributed by atoms with Gasteiger partial charge < -0.3 is 24.8 Å². The minimum absolute atomic E-state index is 0.0883. The van der Waals surface area contributed by atoms with Crippen molar-refractivity contribution in [1.82, 2.24) is 14.6 Å². The van der Waals surface area contributed by atoms with Gasteiger partial charge in [0.1, 0.15) is 30.3 Å². The van der Waals surface area contributed by atoms with E-state index in [4.69, 9.17) is 24.3 Å². The number of esters is 1. The van der Waals surface area contributed by atoms with E-state index in [-0.39, 0.29) is 11.6 Å².